The van der Waals surface area contributed by atoms with Gasteiger partial charge in [-0.15, -0.1) is 0 Å². The third-order valence-electron chi connectivity index (χ3n) is 5.34. The lowest BCUT2D eigenvalue weighted by Gasteiger charge is -2.36. The van der Waals surface area contributed by atoms with E-state index >= 15 is 0 Å². The van der Waals surface area contributed by atoms with Crippen molar-refractivity contribution in [1.29, 1.82) is 0 Å². The highest BCUT2D eigenvalue weighted by Crippen LogP contribution is 2.45. The number of benzene rings is 1. The summed E-state index contributed by atoms with van der Waals surface area (Å²) in [4.78, 5) is 55.7. The average molecular weight is 554 g/mol. The molecule has 1 aromatic carbocycles. The third kappa shape index (κ3) is 6.98. The molecule has 2 aliphatic rings. The Labute approximate surface area is 206 Å². The Balaban J connectivity index is 1.55. The molecule has 0 radical (unpaired) electrons. The number of thiocarbonyl (C=S) groups is 1. The van der Waals surface area contributed by atoms with Crippen molar-refractivity contribution >= 4 is 57.2 Å². The van der Waals surface area contributed by atoms with E-state index in [0.29, 0.717) is 31.9 Å². The van der Waals surface area contributed by atoms with Gasteiger partial charge in [0.05, 0.1) is 24.5 Å². The lowest BCUT2D eigenvalue weighted by Crippen LogP contribution is -2.49. The summed E-state index contributed by atoms with van der Waals surface area (Å²) in [5.74, 6) is -0.927. The quantitative estimate of drug-likeness (QED) is 0.211. The number of nitrogens with one attached hydrogen (secondary N) is 1. The number of aliphatic hydroxyl groups excluding tert-OH is 1. The summed E-state index contributed by atoms with van der Waals surface area (Å²) in [7, 11) is -6.26. The first-order valence-corrected chi connectivity index (χ1v) is 13.5. The van der Waals surface area contributed by atoms with Crippen LogP contribution in [0.15, 0.2) is 18.2 Å². The van der Waals surface area contributed by atoms with Gasteiger partial charge in [0.1, 0.15) is 18.5 Å². The van der Waals surface area contributed by atoms with E-state index < -0.39 is 46.6 Å². The number of hydrogen-bond acceptors (Lipinski definition) is 10. The molecule has 0 aliphatic carbocycles. The SMILES string of the molecule is O=C(CO)N1CCN(c2ccc(N3C[C@H](CNC(=S)OC(P(O)O)[PH](=O)O)OC3=O)cc2F)CC1. The third-order valence-corrected chi connectivity index (χ3v) is 8.00. The summed E-state index contributed by atoms with van der Waals surface area (Å²) in [6, 6.07) is 4.32. The number of hydrogen-bond donors (Lipinski definition) is 5. The molecule has 2 aliphatic heterocycles. The first kappa shape index (κ1) is 27.5. The maximum atomic E-state index is 14.9. The van der Waals surface area contributed by atoms with E-state index in [9.17, 15) is 18.5 Å². The van der Waals surface area contributed by atoms with Gasteiger partial charge in [0, 0.05) is 26.2 Å². The summed E-state index contributed by atoms with van der Waals surface area (Å²) in [6.45, 7) is 0.950. The first-order valence-electron chi connectivity index (χ1n) is 10.4. The summed E-state index contributed by atoms with van der Waals surface area (Å²) in [6.07, 6.45) is -1.42. The highest BCUT2D eigenvalue weighted by molar-refractivity contribution is 7.80. The zero-order valence-corrected chi connectivity index (χ0v) is 21.0. The second kappa shape index (κ2) is 12.2. The molecule has 2 heterocycles. The molecule has 3 rings (SSSR count). The zero-order chi connectivity index (χ0) is 25.7. The van der Waals surface area contributed by atoms with E-state index in [4.69, 9.17) is 41.5 Å². The van der Waals surface area contributed by atoms with Crippen molar-refractivity contribution in [3.05, 3.63) is 24.0 Å². The Hall–Kier alpha value is -2.12. The van der Waals surface area contributed by atoms with Crippen molar-refractivity contribution in [2.75, 3.05) is 55.7 Å². The minimum Gasteiger partial charge on any atom is -0.448 e. The molecule has 2 amide bonds. The number of piperazine rings is 1. The Morgan fingerprint density at radius 1 is 1.34 bits per heavy atom. The lowest BCUT2D eigenvalue weighted by molar-refractivity contribution is -0.134. The van der Waals surface area contributed by atoms with Crippen LogP contribution in [0.3, 0.4) is 0 Å². The van der Waals surface area contributed by atoms with Gasteiger partial charge in [-0.3, -0.25) is 14.3 Å². The van der Waals surface area contributed by atoms with Gasteiger partial charge >= 0.3 is 6.09 Å². The van der Waals surface area contributed by atoms with E-state index in [1.54, 1.807) is 11.0 Å². The van der Waals surface area contributed by atoms with Crippen LogP contribution in [-0.4, -0.2) is 99.4 Å². The standard InChI is InChI=1S/C18H25FN4O9P2S/c19-13-7-11(1-2-14(13)21-3-5-22(6-4-21)15(25)10-24)23-9-12(31-17(23)26)8-20-16(35)32-18(33(27)28)34(29)30/h1-2,7,12,18,24,27-28,34H,3-6,8-10H2,(H,20,35)(H,29,30)/t12-,18?/m0/s1. The fourth-order valence-electron chi connectivity index (χ4n) is 3.59. The van der Waals surface area contributed by atoms with Crippen LogP contribution in [0.1, 0.15) is 0 Å². The molecule has 0 spiro atoms. The molecule has 1 aromatic rings. The molecule has 0 bridgehead atoms. The number of anilines is 2. The van der Waals surface area contributed by atoms with Gasteiger partial charge in [0.2, 0.25) is 27.9 Å². The van der Waals surface area contributed by atoms with Crippen molar-refractivity contribution in [1.82, 2.24) is 10.2 Å². The van der Waals surface area contributed by atoms with E-state index in [0.717, 1.165) is 0 Å². The Bertz CT molecular complexity index is 983. The second-order valence-electron chi connectivity index (χ2n) is 7.58. The number of halogens is 1. The number of amides is 2. The topological polar surface area (TPSA) is 172 Å². The monoisotopic (exact) mass is 554 g/mol. The second-order valence-corrected chi connectivity index (χ2v) is 10.7. The Morgan fingerprint density at radius 2 is 2.03 bits per heavy atom. The lowest BCUT2D eigenvalue weighted by atomic mass is 10.2. The Morgan fingerprint density at radius 3 is 2.60 bits per heavy atom. The maximum Gasteiger partial charge on any atom is 0.414 e. The zero-order valence-electron chi connectivity index (χ0n) is 18.2. The number of cyclic esters (lactones) is 1. The number of ether oxygens (including phenoxy) is 2. The number of aliphatic hydroxyl groups is 1. The fraction of sp³-hybridized carbons (Fsp3) is 0.500. The van der Waals surface area contributed by atoms with Crippen molar-refractivity contribution in [3.8, 4) is 0 Å². The molecule has 5 N–H and O–H groups in total. The van der Waals surface area contributed by atoms with E-state index in [-0.39, 0.29) is 29.9 Å². The number of carbonyl (C=O) groups is 2. The van der Waals surface area contributed by atoms with Gasteiger partial charge in [-0.05, 0) is 30.4 Å². The fourth-order valence-corrected chi connectivity index (χ4v) is 5.14. The highest BCUT2D eigenvalue weighted by atomic mass is 32.1. The van der Waals surface area contributed by atoms with Crippen molar-refractivity contribution in [3.63, 3.8) is 0 Å². The summed E-state index contributed by atoms with van der Waals surface area (Å²) in [5.41, 5.74) is -1.14. The Kier molecular flexibility index (Phi) is 9.59. The number of nitrogens with zero attached hydrogens (tertiary/aromatic N) is 3. The minimum absolute atomic E-state index is 0.0354. The normalized spacial score (nSPS) is 20.0. The van der Waals surface area contributed by atoms with E-state index in [1.807, 2.05) is 0 Å². The van der Waals surface area contributed by atoms with Crippen LogP contribution >= 0.6 is 28.6 Å². The van der Waals surface area contributed by atoms with Crippen molar-refractivity contribution in [2.24, 2.45) is 0 Å². The van der Waals surface area contributed by atoms with Gasteiger partial charge in [-0.25, -0.2) is 9.18 Å². The molecule has 0 saturated carbocycles. The van der Waals surface area contributed by atoms with Crippen LogP contribution in [0.25, 0.3) is 0 Å². The van der Waals surface area contributed by atoms with Crippen LogP contribution in [0.5, 0.6) is 0 Å². The first-order chi connectivity index (χ1) is 16.6. The van der Waals surface area contributed by atoms with Crippen LogP contribution in [0, 0.1) is 5.82 Å². The van der Waals surface area contributed by atoms with Gasteiger partial charge in [0.25, 0.3) is 5.17 Å². The molecule has 194 valence electrons. The smallest absolute Gasteiger partial charge is 0.414 e. The molecular formula is C18H25FN4O9P2S. The molecule has 2 unspecified atom stereocenters. The molecule has 17 heteroatoms. The predicted octanol–water partition coefficient (Wildman–Crippen LogP) is -0.270. The highest BCUT2D eigenvalue weighted by Gasteiger charge is 2.34. The van der Waals surface area contributed by atoms with Gasteiger partial charge in [-0.2, -0.15) is 0 Å². The minimum atomic E-state index is -3.41. The van der Waals surface area contributed by atoms with E-state index in [1.165, 1.54) is 21.9 Å². The molecule has 13 nitrogen and oxygen atoms in total. The molecule has 0 aromatic heterocycles. The summed E-state index contributed by atoms with van der Waals surface area (Å²) < 4.78 is 36.1. The van der Waals surface area contributed by atoms with E-state index in [2.05, 4.69) is 5.32 Å². The van der Waals surface area contributed by atoms with Crippen LogP contribution in [-0.2, 0) is 18.8 Å². The van der Waals surface area contributed by atoms with Gasteiger partial charge in [0.15, 0.2) is 0 Å². The molecule has 35 heavy (non-hydrogen) atoms. The van der Waals surface area contributed by atoms with Crippen LogP contribution < -0.4 is 15.1 Å². The van der Waals surface area contributed by atoms with Crippen LogP contribution in [0.2, 0.25) is 0 Å². The largest absolute Gasteiger partial charge is 0.448 e. The van der Waals surface area contributed by atoms with Crippen LogP contribution in [0.4, 0.5) is 20.6 Å². The molecule has 3 atom stereocenters. The molecular weight excluding hydrogens is 529 g/mol. The summed E-state index contributed by atoms with van der Waals surface area (Å²) >= 11 is 4.86. The van der Waals surface area contributed by atoms with Gasteiger partial charge in [-0.1, -0.05) is 0 Å². The van der Waals surface area contributed by atoms with Crippen molar-refractivity contribution in [2.45, 2.75) is 11.7 Å². The molecule has 2 saturated heterocycles. The number of rotatable bonds is 8. The average Bonchev–Trinajstić information content (AvgIpc) is 3.20. The van der Waals surface area contributed by atoms with Gasteiger partial charge < -0.3 is 44.4 Å². The number of carbonyl (C=O) groups excluding carboxylic acids is 2. The molecule has 2 fully saturated rings. The van der Waals surface area contributed by atoms with Crippen molar-refractivity contribution < 1.29 is 47.8 Å². The maximum absolute atomic E-state index is 14.9. The predicted molar refractivity (Wildman–Crippen MR) is 128 cm³/mol. The summed E-state index contributed by atoms with van der Waals surface area (Å²) in [5, 5.41) is 11.2.